The van der Waals surface area contributed by atoms with Gasteiger partial charge in [0.15, 0.2) is 0 Å². The molecule has 0 aromatic carbocycles. The molecule has 1 aliphatic carbocycles. The molecule has 80 valence electrons. The number of aliphatic carboxylic acids is 1. The molecule has 2 aliphatic rings. The molecule has 1 saturated carbocycles. The summed E-state index contributed by atoms with van der Waals surface area (Å²) in [6.07, 6.45) is 5.26. The highest BCUT2D eigenvalue weighted by molar-refractivity contribution is 5.67. The van der Waals surface area contributed by atoms with Crippen LogP contribution in [0.15, 0.2) is 0 Å². The standard InChI is InChI=1S/C11H19NO2/c1-12-6-5-8(7-11(13)14)9-3-2-4-10(9)12/h8-10H,2-7H2,1H3,(H,13,14). The lowest BCUT2D eigenvalue weighted by molar-refractivity contribution is -0.139. The Kier molecular flexibility index (Phi) is 2.77. The van der Waals surface area contributed by atoms with E-state index in [-0.39, 0.29) is 0 Å². The van der Waals surface area contributed by atoms with Crippen LogP contribution in [0.2, 0.25) is 0 Å². The molecule has 0 radical (unpaired) electrons. The predicted octanol–water partition coefficient (Wildman–Crippen LogP) is 1.58. The Hall–Kier alpha value is -0.570. The number of carboxylic acid groups (broad SMARTS) is 1. The fourth-order valence-electron chi connectivity index (χ4n) is 3.29. The number of likely N-dealkylation sites (tertiary alicyclic amines) is 1. The number of carboxylic acids is 1. The molecule has 0 aromatic heterocycles. The molecule has 1 aliphatic heterocycles. The van der Waals surface area contributed by atoms with Gasteiger partial charge in [0.1, 0.15) is 0 Å². The van der Waals surface area contributed by atoms with E-state index in [9.17, 15) is 4.79 Å². The van der Waals surface area contributed by atoms with Gasteiger partial charge in [-0.05, 0) is 44.7 Å². The maximum atomic E-state index is 10.7. The van der Waals surface area contributed by atoms with E-state index in [0.29, 0.717) is 24.3 Å². The normalized spacial score (nSPS) is 38.2. The number of piperidine rings is 1. The van der Waals surface area contributed by atoms with Crippen LogP contribution < -0.4 is 0 Å². The summed E-state index contributed by atoms with van der Waals surface area (Å²) in [4.78, 5) is 13.2. The van der Waals surface area contributed by atoms with E-state index < -0.39 is 5.97 Å². The average molecular weight is 197 g/mol. The smallest absolute Gasteiger partial charge is 0.303 e. The second kappa shape index (κ2) is 3.89. The maximum Gasteiger partial charge on any atom is 0.303 e. The zero-order valence-electron chi connectivity index (χ0n) is 8.78. The third-order valence-electron chi connectivity index (χ3n) is 3.99. The molecule has 2 rings (SSSR count). The zero-order chi connectivity index (χ0) is 10.1. The number of carbonyl (C=O) groups is 1. The van der Waals surface area contributed by atoms with Gasteiger partial charge in [0.05, 0.1) is 0 Å². The highest BCUT2D eigenvalue weighted by Gasteiger charge is 2.39. The molecule has 1 N–H and O–H groups in total. The highest BCUT2D eigenvalue weighted by atomic mass is 16.4. The van der Waals surface area contributed by atoms with Crippen molar-refractivity contribution in [2.75, 3.05) is 13.6 Å². The molecule has 0 bridgehead atoms. The second-order valence-corrected chi connectivity index (χ2v) is 4.79. The lowest BCUT2D eigenvalue weighted by Gasteiger charge is -2.40. The number of hydrogen-bond donors (Lipinski definition) is 1. The number of nitrogens with zero attached hydrogens (tertiary/aromatic N) is 1. The molecular formula is C11H19NO2. The van der Waals surface area contributed by atoms with Gasteiger partial charge in [-0.2, -0.15) is 0 Å². The Balaban J connectivity index is 2.02. The van der Waals surface area contributed by atoms with Gasteiger partial charge in [-0.1, -0.05) is 6.42 Å². The molecule has 0 spiro atoms. The third kappa shape index (κ3) is 1.78. The van der Waals surface area contributed by atoms with Crippen LogP contribution in [-0.2, 0) is 4.79 Å². The maximum absolute atomic E-state index is 10.7. The number of rotatable bonds is 2. The van der Waals surface area contributed by atoms with Crippen molar-refractivity contribution >= 4 is 5.97 Å². The van der Waals surface area contributed by atoms with Gasteiger partial charge in [0, 0.05) is 12.5 Å². The number of hydrogen-bond acceptors (Lipinski definition) is 2. The molecule has 0 amide bonds. The van der Waals surface area contributed by atoms with E-state index in [0.717, 1.165) is 13.0 Å². The van der Waals surface area contributed by atoms with Crippen LogP contribution in [0.3, 0.4) is 0 Å². The molecule has 3 atom stereocenters. The fourth-order valence-corrected chi connectivity index (χ4v) is 3.29. The molecule has 3 nitrogen and oxygen atoms in total. The number of fused-ring (bicyclic) bond motifs is 1. The Bertz CT molecular complexity index is 229. The summed E-state index contributed by atoms with van der Waals surface area (Å²) in [6, 6.07) is 0.674. The van der Waals surface area contributed by atoms with E-state index in [1.807, 2.05) is 0 Å². The molecule has 0 aromatic rings. The van der Waals surface area contributed by atoms with Gasteiger partial charge in [0.25, 0.3) is 0 Å². The molecule has 3 heteroatoms. The fraction of sp³-hybridized carbons (Fsp3) is 0.909. The van der Waals surface area contributed by atoms with Crippen LogP contribution in [0.25, 0.3) is 0 Å². The average Bonchev–Trinajstić information content (AvgIpc) is 2.58. The minimum Gasteiger partial charge on any atom is -0.481 e. The Morgan fingerprint density at radius 3 is 2.93 bits per heavy atom. The van der Waals surface area contributed by atoms with E-state index in [1.165, 1.54) is 19.3 Å². The van der Waals surface area contributed by atoms with Crippen LogP contribution >= 0.6 is 0 Å². The van der Waals surface area contributed by atoms with Crippen molar-refractivity contribution in [3.63, 3.8) is 0 Å². The minimum atomic E-state index is -0.620. The summed E-state index contributed by atoms with van der Waals surface area (Å²) < 4.78 is 0. The quantitative estimate of drug-likeness (QED) is 0.730. The molecular weight excluding hydrogens is 178 g/mol. The first-order chi connectivity index (χ1) is 6.68. The Morgan fingerprint density at radius 2 is 2.21 bits per heavy atom. The summed E-state index contributed by atoms with van der Waals surface area (Å²) in [7, 11) is 2.18. The van der Waals surface area contributed by atoms with Crippen molar-refractivity contribution in [1.29, 1.82) is 0 Å². The Morgan fingerprint density at radius 1 is 1.43 bits per heavy atom. The molecule has 14 heavy (non-hydrogen) atoms. The SMILES string of the molecule is CN1CCC(CC(=O)O)C2CCCC21. The summed E-state index contributed by atoms with van der Waals surface area (Å²) >= 11 is 0. The molecule has 2 fully saturated rings. The van der Waals surface area contributed by atoms with Crippen molar-refractivity contribution < 1.29 is 9.90 Å². The van der Waals surface area contributed by atoms with Crippen LogP contribution in [0.5, 0.6) is 0 Å². The van der Waals surface area contributed by atoms with Crippen LogP contribution in [0, 0.1) is 11.8 Å². The summed E-state index contributed by atoms with van der Waals surface area (Å²) in [5, 5.41) is 8.84. The van der Waals surface area contributed by atoms with E-state index in [4.69, 9.17) is 5.11 Å². The van der Waals surface area contributed by atoms with Gasteiger partial charge in [-0.3, -0.25) is 4.79 Å². The Labute approximate surface area is 85.1 Å². The van der Waals surface area contributed by atoms with Crippen molar-refractivity contribution in [3.8, 4) is 0 Å². The van der Waals surface area contributed by atoms with Gasteiger partial charge < -0.3 is 10.0 Å². The second-order valence-electron chi connectivity index (χ2n) is 4.79. The van der Waals surface area contributed by atoms with Crippen molar-refractivity contribution in [3.05, 3.63) is 0 Å². The molecule has 1 saturated heterocycles. The van der Waals surface area contributed by atoms with Crippen LogP contribution in [0.4, 0.5) is 0 Å². The van der Waals surface area contributed by atoms with Crippen LogP contribution in [0.1, 0.15) is 32.1 Å². The minimum absolute atomic E-state index is 0.384. The van der Waals surface area contributed by atoms with E-state index in [2.05, 4.69) is 11.9 Å². The summed E-state index contributed by atoms with van der Waals surface area (Å²) in [5.41, 5.74) is 0. The summed E-state index contributed by atoms with van der Waals surface area (Å²) in [6.45, 7) is 1.08. The first-order valence-electron chi connectivity index (χ1n) is 5.60. The zero-order valence-corrected chi connectivity index (χ0v) is 8.78. The van der Waals surface area contributed by atoms with Gasteiger partial charge in [-0.25, -0.2) is 0 Å². The lowest BCUT2D eigenvalue weighted by atomic mass is 9.79. The first kappa shape index (κ1) is 9.97. The van der Waals surface area contributed by atoms with Crippen molar-refractivity contribution in [1.82, 2.24) is 4.90 Å². The molecule has 1 heterocycles. The van der Waals surface area contributed by atoms with Gasteiger partial charge >= 0.3 is 5.97 Å². The highest BCUT2D eigenvalue weighted by Crippen LogP contribution is 2.41. The van der Waals surface area contributed by atoms with Crippen LogP contribution in [-0.4, -0.2) is 35.6 Å². The molecule has 3 unspecified atom stereocenters. The van der Waals surface area contributed by atoms with Crippen molar-refractivity contribution in [2.24, 2.45) is 11.8 Å². The predicted molar refractivity (Wildman–Crippen MR) is 54.1 cm³/mol. The van der Waals surface area contributed by atoms with Gasteiger partial charge in [0.2, 0.25) is 0 Å². The van der Waals surface area contributed by atoms with E-state index in [1.54, 1.807) is 0 Å². The monoisotopic (exact) mass is 197 g/mol. The van der Waals surface area contributed by atoms with Crippen molar-refractivity contribution in [2.45, 2.75) is 38.1 Å². The first-order valence-corrected chi connectivity index (χ1v) is 5.60. The summed E-state index contributed by atoms with van der Waals surface area (Å²) in [5.74, 6) is 0.478. The van der Waals surface area contributed by atoms with Gasteiger partial charge in [-0.15, -0.1) is 0 Å². The van der Waals surface area contributed by atoms with E-state index >= 15 is 0 Å². The largest absolute Gasteiger partial charge is 0.481 e. The third-order valence-corrected chi connectivity index (χ3v) is 3.99. The topological polar surface area (TPSA) is 40.5 Å². The lowest BCUT2D eigenvalue weighted by Crippen LogP contribution is -2.44.